The van der Waals surface area contributed by atoms with Crippen molar-refractivity contribution in [3.05, 3.63) is 52.3 Å². The molecule has 0 N–H and O–H groups in total. The molecule has 0 aliphatic heterocycles. The van der Waals surface area contributed by atoms with Gasteiger partial charge in [-0.2, -0.15) is 4.99 Å². The standard InChI is InChI=1S/C21H22N2O5S/c1-13-8-17-18(9-14(13)2)29-21(23(17)11-20(25)27-4)22-19(24)12-28-16-7-5-6-15(10-16)26-3/h5-10H,11-12H2,1-4H3. The van der Waals surface area contributed by atoms with Crippen molar-refractivity contribution in [3.8, 4) is 11.5 Å². The molecule has 29 heavy (non-hydrogen) atoms. The molecule has 0 atom stereocenters. The number of carbonyl (C=O) groups is 2. The lowest BCUT2D eigenvalue weighted by Gasteiger charge is -2.06. The van der Waals surface area contributed by atoms with Gasteiger partial charge in [-0.15, -0.1) is 0 Å². The Morgan fingerprint density at radius 1 is 1.07 bits per heavy atom. The molecule has 0 bridgehead atoms. The van der Waals surface area contributed by atoms with Crippen LogP contribution < -0.4 is 14.3 Å². The lowest BCUT2D eigenvalue weighted by atomic mass is 10.1. The van der Waals surface area contributed by atoms with Gasteiger partial charge >= 0.3 is 5.97 Å². The van der Waals surface area contributed by atoms with Gasteiger partial charge in [-0.05, 0) is 49.2 Å². The van der Waals surface area contributed by atoms with Gasteiger partial charge in [0.1, 0.15) is 18.0 Å². The Kier molecular flexibility index (Phi) is 6.33. The Hall–Kier alpha value is -3.13. The number of amides is 1. The van der Waals surface area contributed by atoms with Crippen LogP contribution in [0.2, 0.25) is 0 Å². The SMILES string of the molecule is COC(=O)Cn1c(=NC(=O)COc2cccc(OC)c2)sc2cc(C)c(C)cc21. The lowest BCUT2D eigenvalue weighted by Crippen LogP contribution is -2.23. The summed E-state index contributed by atoms with van der Waals surface area (Å²) in [5.74, 6) is 0.284. The summed E-state index contributed by atoms with van der Waals surface area (Å²) < 4.78 is 18.1. The smallest absolute Gasteiger partial charge is 0.325 e. The van der Waals surface area contributed by atoms with Gasteiger partial charge in [0, 0.05) is 6.07 Å². The average Bonchev–Trinajstić information content (AvgIpc) is 3.02. The molecule has 8 heteroatoms. The fourth-order valence-corrected chi connectivity index (χ4v) is 3.85. The van der Waals surface area contributed by atoms with E-state index >= 15 is 0 Å². The van der Waals surface area contributed by atoms with Crippen molar-refractivity contribution in [1.29, 1.82) is 0 Å². The number of carbonyl (C=O) groups excluding carboxylic acids is 2. The molecule has 0 aliphatic rings. The molecular formula is C21H22N2O5S. The molecule has 0 fully saturated rings. The minimum atomic E-state index is -0.452. The molecule has 1 heterocycles. The van der Waals surface area contributed by atoms with Crippen LogP contribution in [0.5, 0.6) is 11.5 Å². The minimum absolute atomic E-state index is 0.0259. The third kappa shape index (κ3) is 4.83. The van der Waals surface area contributed by atoms with E-state index in [4.69, 9.17) is 14.2 Å². The molecule has 0 spiro atoms. The van der Waals surface area contributed by atoms with E-state index in [-0.39, 0.29) is 13.2 Å². The van der Waals surface area contributed by atoms with Crippen LogP contribution in [0.1, 0.15) is 11.1 Å². The number of thiazole rings is 1. The van der Waals surface area contributed by atoms with Crippen LogP contribution in [-0.2, 0) is 20.9 Å². The summed E-state index contributed by atoms with van der Waals surface area (Å²) in [6, 6.07) is 11.0. The van der Waals surface area contributed by atoms with Crippen molar-refractivity contribution in [2.24, 2.45) is 4.99 Å². The lowest BCUT2D eigenvalue weighted by molar-refractivity contribution is -0.141. The number of aromatic nitrogens is 1. The Morgan fingerprint density at radius 2 is 1.79 bits per heavy atom. The van der Waals surface area contributed by atoms with E-state index in [0.717, 1.165) is 21.3 Å². The maximum atomic E-state index is 12.4. The first-order chi connectivity index (χ1) is 13.9. The van der Waals surface area contributed by atoms with Crippen molar-refractivity contribution in [2.75, 3.05) is 20.8 Å². The van der Waals surface area contributed by atoms with Crippen molar-refractivity contribution >= 4 is 33.4 Å². The summed E-state index contributed by atoms with van der Waals surface area (Å²) >= 11 is 1.35. The van der Waals surface area contributed by atoms with Crippen molar-refractivity contribution < 1.29 is 23.8 Å². The third-order valence-electron chi connectivity index (χ3n) is 4.44. The van der Waals surface area contributed by atoms with Crippen LogP contribution in [0.15, 0.2) is 41.4 Å². The third-order valence-corrected chi connectivity index (χ3v) is 5.48. The van der Waals surface area contributed by atoms with Gasteiger partial charge in [-0.3, -0.25) is 9.59 Å². The molecule has 3 aromatic rings. The number of benzene rings is 2. The quantitative estimate of drug-likeness (QED) is 0.580. The molecule has 0 radical (unpaired) electrons. The zero-order valence-electron chi connectivity index (χ0n) is 16.7. The van der Waals surface area contributed by atoms with Crippen molar-refractivity contribution in [3.63, 3.8) is 0 Å². The molecule has 152 valence electrons. The van der Waals surface area contributed by atoms with Crippen LogP contribution in [-0.4, -0.2) is 37.3 Å². The second kappa shape index (κ2) is 8.91. The summed E-state index contributed by atoms with van der Waals surface area (Å²) in [4.78, 5) is 28.9. The fourth-order valence-electron chi connectivity index (χ4n) is 2.73. The van der Waals surface area contributed by atoms with Gasteiger partial charge in [0.05, 0.1) is 24.4 Å². The van der Waals surface area contributed by atoms with Gasteiger partial charge in [0.25, 0.3) is 5.91 Å². The number of aryl methyl sites for hydroxylation is 2. The van der Waals surface area contributed by atoms with Gasteiger partial charge < -0.3 is 18.8 Å². The zero-order valence-corrected chi connectivity index (χ0v) is 17.5. The number of hydrogen-bond acceptors (Lipinski definition) is 6. The van der Waals surface area contributed by atoms with Crippen LogP contribution in [0, 0.1) is 13.8 Å². The summed E-state index contributed by atoms with van der Waals surface area (Å²) in [6.45, 7) is 3.77. The fraction of sp³-hybridized carbons (Fsp3) is 0.286. The zero-order chi connectivity index (χ0) is 21.0. The Morgan fingerprint density at radius 3 is 2.52 bits per heavy atom. The normalized spacial score (nSPS) is 11.5. The molecule has 7 nitrogen and oxygen atoms in total. The minimum Gasteiger partial charge on any atom is -0.497 e. The van der Waals surface area contributed by atoms with Crippen LogP contribution in [0.4, 0.5) is 0 Å². The second-order valence-corrected chi connectivity index (χ2v) is 7.43. The van der Waals surface area contributed by atoms with Crippen LogP contribution in [0.25, 0.3) is 10.2 Å². The highest BCUT2D eigenvalue weighted by atomic mass is 32.1. The first-order valence-corrected chi connectivity index (χ1v) is 9.74. The number of hydrogen-bond donors (Lipinski definition) is 0. The van der Waals surface area contributed by atoms with E-state index in [0.29, 0.717) is 16.3 Å². The molecule has 2 aromatic carbocycles. The highest BCUT2D eigenvalue weighted by Gasteiger charge is 2.13. The number of methoxy groups -OCH3 is 2. The largest absolute Gasteiger partial charge is 0.497 e. The van der Waals surface area contributed by atoms with Gasteiger partial charge in [-0.25, -0.2) is 0 Å². The number of ether oxygens (including phenoxy) is 3. The van der Waals surface area contributed by atoms with Crippen LogP contribution >= 0.6 is 11.3 Å². The Labute approximate surface area is 172 Å². The van der Waals surface area contributed by atoms with E-state index < -0.39 is 11.9 Å². The molecule has 1 amide bonds. The molecule has 0 unspecified atom stereocenters. The summed E-state index contributed by atoms with van der Waals surface area (Å²) in [5.41, 5.74) is 3.06. The highest BCUT2D eigenvalue weighted by molar-refractivity contribution is 7.16. The Bertz CT molecular complexity index is 1130. The Balaban J connectivity index is 1.91. The maximum Gasteiger partial charge on any atom is 0.325 e. The predicted octanol–water partition coefficient (Wildman–Crippen LogP) is 3.01. The average molecular weight is 414 g/mol. The number of fused-ring (bicyclic) bond motifs is 1. The van der Waals surface area contributed by atoms with Gasteiger partial charge in [-0.1, -0.05) is 17.4 Å². The summed E-state index contributed by atoms with van der Waals surface area (Å²) in [5, 5.41) is 0. The van der Waals surface area contributed by atoms with E-state index in [1.807, 2.05) is 26.0 Å². The number of esters is 1. The van der Waals surface area contributed by atoms with Crippen LogP contribution in [0.3, 0.4) is 0 Å². The molecular weight excluding hydrogens is 392 g/mol. The van der Waals surface area contributed by atoms with E-state index in [2.05, 4.69) is 4.99 Å². The topological polar surface area (TPSA) is 79.1 Å². The van der Waals surface area contributed by atoms with Crippen molar-refractivity contribution in [1.82, 2.24) is 4.57 Å². The van der Waals surface area contributed by atoms with Gasteiger partial charge in [0.15, 0.2) is 11.4 Å². The van der Waals surface area contributed by atoms with Gasteiger partial charge in [0.2, 0.25) is 0 Å². The summed E-state index contributed by atoms with van der Waals surface area (Å²) in [7, 11) is 2.89. The first-order valence-electron chi connectivity index (χ1n) is 8.93. The monoisotopic (exact) mass is 414 g/mol. The molecule has 3 rings (SSSR count). The van der Waals surface area contributed by atoms with E-state index in [1.54, 1.807) is 35.9 Å². The summed E-state index contributed by atoms with van der Waals surface area (Å²) in [6.07, 6.45) is 0. The highest BCUT2D eigenvalue weighted by Crippen LogP contribution is 2.22. The maximum absolute atomic E-state index is 12.4. The molecule has 0 saturated carbocycles. The number of rotatable bonds is 6. The van der Waals surface area contributed by atoms with E-state index in [1.165, 1.54) is 18.4 Å². The van der Waals surface area contributed by atoms with E-state index in [9.17, 15) is 9.59 Å². The molecule has 1 aromatic heterocycles. The second-order valence-electron chi connectivity index (χ2n) is 6.42. The molecule has 0 aliphatic carbocycles. The number of nitrogens with zero attached hydrogens (tertiary/aromatic N) is 2. The first kappa shape index (κ1) is 20.6. The molecule has 0 saturated heterocycles. The van der Waals surface area contributed by atoms with Crippen molar-refractivity contribution in [2.45, 2.75) is 20.4 Å². The predicted molar refractivity (Wildman–Crippen MR) is 110 cm³/mol.